The van der Waals surface area contributed by atoms with Crippen molar-refractivity contribution in [3.05, 3.63) is 35.9 Å². The second-order valence-electron chi connectivity index (χ2n) is 4.02. The fourth-order valence-electron chi connectivity index (χ4n) is 1.91. The van der Waals surface area contributed by atoms with E-state index in [0.29, 0.717) is 0 Å². The maximum absolute atomic E-state index is 9.76. The minimum Gasteiger partial charge on any atom is -0.390 e. The molecular formula is C12H16O2. The van der Waals surface area contributed by atoms with E-state index in [4.69, 9.17) is 4.74 Å². The maximum atomic E-state index is 9.76. The Morgan fingerprint density at radius 3 is 2.64 bits per heavy atom. The first-order chi connectivity index (χ1) is 6.68. The van der Waals surface area contributed by atoms with Crippen molar-refractivity contribution < 1.29 is 9.84 Å². The lowest BCUT2D eigenvalue weighted by atomic mass is 9.94. The highest BCUT2D eigenvalue weighted by Gasteiger charge is 2.57. The zero-order valence-corrected chi connectivity index (χ0v) is 8.60. The van der Waals surface area contributed by atoms with Gasteiger partial charge in [-0.2, -0.15) is 0 Å². The van der Waals surface area contributed by atoms with Crippen molar-refractivity contribution >= 4 is 0 Å². The molecule has 0 saturated carbocycles. The summed E-state index contributed by atoms with van der Waals surface area (Å²) in [5.74, 6) is 0. The molecule has 0 amide bonds. The monoisotopic (exact) mass is 192 g/mol. The molecule has 0 aliphatic carbocycles. The Morgan fingerprint density at radius 2 is 2.07 bits per heavy atom. The van der Waals surface area contributed by atoms with Crippen molar-refractivity contribution in [3.8, 4) is 0 Å². The highest BCUT2D eigenvalue weighted by molar-refractivity contribution is 5.26. The number of epoxide rings is 1. The maximum Gasteiger partial charge on any atom is 0.122 e. The minimum absolute atomic E-state index is 0.0682. The third-order valence-corrected chi connectivity index (χ3v) is 2.99. The van der Waals surface area contributed by atoms with Gasteiger partial charge >= 0.3 is 0 Å². The van der Waals surface area contributed by atoms with Gasteiger partial charge in [0.1, 0.15) is 11.7 Å². The molecule has 2 heteroatoms. The van der Waals surface area contributed by atoms with Crippen LogP contribution in [0.15, 0.2) is 30.3 Å². The highest BCUT2D eigenvalue weighted by atomic mass is 16.6. The quantitative estimate of drug-likeness (QED) is 0.745. The summed E-state index contributed by atoms with van der Waals surface area (Å²) in [5.41, 5.74) is 0.790. The van der Waals surface area contributed by atoms with Crippen LogP contribution in [0.3, 0.4) is 0 Å². The smallest absolute Gasteiger partial charge is 0.122 e. The predicted molar refractivity (Wildman–Crippen MR) is 55.0 cm³/mol. The third-order valence-electron chi connectivity index (χ3n) is 2.99. The van der Waals surface area contributed by atoms with Gasteiger partial charge in [0.2, 0.25) is 0 Å². The van der Waals surface area contributed by atoms with Crippen LogP contribution in [0.2, 0.25) is 0 Å². The molecule has 1 aliphatic heterocycles. The van der Waals surface area contributed by atoms with E-state index in [1.54, 1.807) is 0 Å². The Balaban J connectivity index is 2.12. The van der Waals surface area contributed by atoms with E-state index in [1.807, 2.05) is 44.2 Å². The van der Waals surface area contributed by atoms with Gasteiger partial charge in [-0.05, 0) is 18.9 Å². The third kappa shape index (κ3) is 1.45. The molecule has 2 nitrogen and oxygen atoms in total. The Morgan fingerprint density at radius 1 is 1.43 bits per heavy atom. The largest absolute Gasteiger partial charge is 0.390 e. The molecule has 1 fully saturated rings. The van der Waals surface area contributed by atoms with Crippen molar-refractivity contribution in [3.63, 3.8) is 0 Å². The number of aliphatic hydroxyl groups excluding tert-OH is 1. The fraction of sp³-hybridized carbons (Fsp3) is 0.500. The zero-order chi connectivity index (χ0) is 10.2. The van der Waals surface area contributed by atoms with Crippen LogP contribution in [0.25, 0.3) is 0 Å². The summed E-state index contributed by atoms with van der Waals surface area (Å²) in [4.78, 5) is 0. The Labute approximate surface area is 84.5 Å². The van der Waals surface area contributed by atoms with Crippen LogP contribution in [0.4, 0.5) is 0 Å². The van der Waals surface area contributed by atoms with Gasteiger partial charge in [0.25, 0.3) is 0 Å². The average molecular weight is 192 g/mol. The van der Waals surface area contributed by atoms with Crippen molar-refractivity contribution in [2.24, 2.45) is 0 Å². The molecule has 76 valence electrons. The normalized spacial score (nSPS) is 32.6. The lowest BCUT2D eigenvalue weighted by Crippen LogP contribution is -2.26. The molecule has 1 unspecified atom stereocenters. The summed E-state index contributed by atoms with van der Waals surface area (Å²) in [6, 6.07) is 10.1. The summed E-state index contributed by atoms with van der Waals surface area (Å²) >= 11 is 0. The molecule has 0 spiro atoms. The van der Waals surface area contributed by atoms with E-state index in [-0.39, 0.29) is 17.8 Å². The molecule has 0 radical (unpaired) electrons. The van der Waals surface area contributed by atoms with Crippen molar-refractivity contribution in [2.75, 3.05) is 0 Å². The first kappa shape index (κ1) is 9.69. The van der Waals surface area contributed by atoms with E-state index in [9.17, 15) is 5.11 Å². The predicted octanol–water partition coefficient (Wildman–Crippen LogP) is 2.29. The van der Waals surface area contributed by atoms with Gasteiger partial charge < -0.3 is 9.84 Å². The van der Waals surface area contributed by atoms with Crippen molar-refractivity contribution in [1.82, 2.24) is 0 Å². The molecule has 2 rings (SSSR count). The second-order valence-corrected chi connectivity index (χ2v) is 4.02. The standard InChI is InChI=1S/C12H16O2/c1-3-10(13)12(2)11(14-12)9-7-5-4-6-8-9/h4-8,10-11,13H,3H2,1-2H3/t10-,11?,12-/m0/s1. The van der Waals surface area contributed by atoms with Crippen LogP contribution in [0.5, 0.6) is 0 Å². The number of rotatable bonds is 3. The molecule has 1 aromatic rings. The minimum atomic E-state index is -0.368. The van der Waals surface area contributed by atoms with E-state index in [1.165, 1.54) is 0 Å². The first-order valence-electron chi connectivity index (χ1n) is 5.09. The fourth-order valence-corrected chi connectivity index (χ4v) is 1.91. The first-order valence-corrected chi connectivity index (χ1v) is 5.09. The number of hydrogen-bond donors (Lipinski definition) is 1. The van der Waals surface area contributed by atoms with Gasteiger partial charge in [-0.3, -0.25) is 0 Å². The molecule has 1 heterocycles. The Hall–Kier alpha value is -0.860. The van der Waals surface area contributed by atoms with Crippen LogP contribution in [-0.4, -0.2) is 16.8 Å². The lowest BCUT2D eigenvalue weighted by Gasteiger charge is -2.12. The Bertz CT molecular complexity index is 309. The molecule has 0 aromatic heterocycles. The van der Waals surface area contributed by atoms with Crippen LogP contribution in [0.1, 0.15) is 31.9 Å². The van der Waals surface area contributed by atoms with Gasteiger partial charge in [0, 0.05) is 0 Å². The molecular weight excluding hydrogens is 176 g/mol. The summed E-state index contributed by atoms with van der Waals surface area (Å²) < 4.78 is 5.59. The SMILES string of the molecule is CC[C@H](O)[C@]1(C)OC1c1ccccc1. The number of ether oxygens (including phenoxy) is 1. The average Bonchev–Trinajstić information content (AvgIpc) is 2.92. The molecule has 1 aromatic carbocycles. The van der Waals surface area contributed by atoms with Gasteiger partial charge in [0.05, 0.1) is 6.10 Å². The van der Waals surface area contributed by atoms with Crippen LogP contribution >= 0.6 is 0 Å². The van der Waals surface area contributed by atoms with Gasteiger partial charge in [0.15, 0.2) is 0 Å². The second kappa shape index (κ2) is 3.37. The zero-order valence-electron chi connectivity index (χ0n) is 8.60. The number of aliphatic hydroxyl groups is 1. The van der Waals surface area contributed by atoms with Crippen LogP contribution < -0.4 is 0 Å². The highest BCUT2D eigenvalue weighted by Crippen LogP contribution is 2.52. The topological polar surface area (TPSA) is 32.8 Å². The molecule has 0 bridgehead atoms. The molecule has 14 heavy (non-hydrogen) atoms. The van der Waals surface area contributed by atoms with Gasteiger partial charge in [-0.25, -0.2) is 0 Å². The van der Waals surface area contributed by atoms with E-state index in [2.05, 4.69) is 0 Å². The van der Waals surface area contributed by atoms with E-state index in [0.717, 1.165) is 12.0 Å². The number of hydrogen-bond acceptors (Lipinski definition) is 2. The molecule has 1 aliphatic rings. The van der Waals surface area contributed by atoms with Crippen molar-refractivity contribution in [1.29, 1.82) is 0 Å². The van der Waals surface area contributed by atoms with Crippen LogP contribution in [-0.2, 0) is 4.74 Å². The summed E-state index contributed by atoms with van der Waals surface area (Å²) in [7, 11) is 0. The molecule has 1 saturated heterocycles. The summed E-state index contributed by atoms with van der Waals surface area (Å²) in [6.07, 6.45) is 0.436. The number of benzene rings is 1. The van der Waals surface area contributed by atoms with E-state index < -0.39 is 0 Å². The van der Waals surface area contributed by atoms with Gasteiger partial charge in [-0.15, -0.1) is 0 Å². The van der Waals surface area contributed by atoms with Crippen molar-refractivity contribution in [2.45, 2.75) is 38.1 Å². The summed E-state index contributed by atoms with van der Waals surface area (Å²) in [5, 5.41) is 9.76. The molecule has 3 atom stereocenters. The van der Waals surface area contributed by atoms with E-state index >= 15 is 0 Å². The van der Waals surface area contributed by atoms with Crippen LogP contribution in [0, 0.1) is 0 Å². The van der Waals surface area contributed by atoms with Gasteiger partial charge in [-0.1, -0.05) is 37.3 Å². The molecule has 1 N–H and O–H groups in total. The lowest BCUT2D eigenvalue weighted by molar-refractivity contribution is 0.0817. The Kier molecular flexibility index (Phi) is 2.33. The summed E-state index contributed by atoms with van der Waals surface area (Å²) in [6.45, 7) is 3.94.